The van der Waals surface area contributed by atoms with Crippen LogP contribution in [0.2, 0.25) is 0 Å². The number of hydrogen-bond acceptors (Lipinski definition) is 13. The van der Waals surface area contributed by atoms with E-state index in [1.165, 1.54) is 6.07 Å². The van der Waals surface area contributed by atoms with Crippen molar-refractivity contribution in [2.45, 2.75) is 31.7 Å². The van der Waals surface area contributed by atoms with Crippen LogP contribution >= 0.6 is 0 Å². The van der Waals surface area contributed by atoms with Gasteiger partial charge in [0.25, 0.3) is 11.8 Å². The number of aryl methyl sites for hydroxylation is 1. The number of pyridine rings is 1. The Bertz CT molecular complexity index is 2420. The van der Waals surface area contributed by atoms with Gasteiger partial charge < -0.3 is 28.9 Å². The molecule has 2 aromatic heterocycles. The Kier molecular flexibility index (Phi) is 12.3. The van der Waals surface area contributed by atoms with Crippen LogP contribution in [0.25, 0.3) is 28.1 Å². The van der Waals surface area contributed by atoms with E-state index in [9.17, 15) is 24.4 Å². The van der Waals surface area contributed by atoms with Crippen LogP contribution in [0, 0.1) is 0 Å². The number of imide groups is 2. The van der Waals surface area contributed by atoms with Crippen molar-refractivity contribution in [2.75, 3.05) is 52.9 Å². The number of nitrogens with zero attached hydrogens (tertiary/aromatic N) is 5. The molecule has 0 spiro atoms. The molecule has 16 heteroatoms. The van der Waals surface area contributed by atoms with Crippen molar-refractivity contribution in [2.24, 2.45) is 5.16 Å². The standard InChI is InChI=1S/C44H42N6O10/c51-39-13-12-37(42(52)46-39)50-43(53)34-2-1-3-38(40(34)44(50)54)60-25-23-58-21-19-56-18-20-57-22-24-59-32-8-6-31(7-9-32)49-27-35(41(47-49)28-14-16-45-17-15-28)30-4-10-33-29(26-30)5-11-36(33)48-55/h1-4,6-10,14-17,26-27,37,55H,5,11-13,18-25H2,(H,46,51,52)/b48-36+. The molecule has 1 unspecified atom stereocenters. The molecule has 2 N–H and O–H groups in total. The second kappa shape index (κ2) is 18.4. The van der Waals surface area contributed by atoms with E-state index in [1.54, 1.807) is 24.5 Å². The van der Waals surface area contributed by atoms with Crippen LogP contribution in [0.3, 0.4) is 0 Å². The molecule has 0 radical (unpaired) electrons. The predicted octanol–water partition coefficient (Wildman–Crippen LogP) is 4.63. The van der Waals surface area contributed by atoms with Crippen molar-refractivity contribution in [1.82, 2.24) is 25.0 Å². The summed E-state index contributed by atoms with van der Waals surface area (Å²) in [5.41, 5.74) is 7.76. The van der Waals surface area contributed by atoms with Gasteiger partial charge in [0.2, 0.25) is 11.8 Å². The molecule has 1 atom stereocenters. The number of hydrogen-bond donors (Lipinski definition) is 2. The van der Waals surface area contributed by atoms with Gasteiger partial charge >= 0.3 is 0 Å². The summed E-state index contributed by atoms with van der Waals surface area (Å²) >= 11 is 0. The second-order valence-electron chi connectivity index (χ2n) is 14.1. The van der Waals surface area contributed by atoms with Gasteiger partial charge in [-0.15, -0.1) is 0 Å². The lowest BCUT2D eigenvalue weighted by Gasteiger charge is -2.27. The number of amides is 4. The Morgan fingerprint density at radius 3 is 2.15 bits per heavy atom. The summed E-state index contributed by atoms with van der Waals surface area (Å²) in [7, 11) is 0. The van der Waals surface area contributed by atoms with Crippen molar-refractivity contribution in [3.05, 3.63) is 114 Å². The lowest BCUT2D eigenvalue weighted by molar-refractivity contribution is -0.136. The maximum atomic E-state index is 13.2. The van der Waals surface area contributed by atoms with Crippen LogP contribution in [-0.4, -0.2) is 113 Å². The average molecular weight is 815 g/mol. The quantitative estimate of drug-likeness (QED) is 0.0540. The number of fused-ring (bicyclic) bond motifs is 2. The van der Waals surface area contributed by atoms with Crippen molar-refractivity contribution < 1.29 is 48.1 Å². The molecular formula is C44H42N6O10. The highest BCUT2D eigenvalue weighted by atomic mass is 16.6. The van der Waals surface area contributed by atoms with E-state index >= 15 is 0 Å². The van der Waals surface area contributed by atoms with Gasteiger partial charge in [0.1, 0.15) is 36.4 Å². The number of oxime groups is 1. The van der Waals surface area contributed by atoms with E-state index in [2.05, 4.69) is 21.5 Å². The van der Waals surface area contributed by atoms with Gasteiger partial charge in [-0.1, -0.05) is 29.4 Å². The summed E-state index contributed by atoms with van der Waals surface area (Å²) in [5, 5.41) is 20.0. The molecule has 1 saturated heterocycles. The molecule has 3 aliphatic rings. The zero-order valence-corrected chi connectivity index (χ0v) is 32.6. The highest BCUT2D eigenvalue weighted by Gasteiger charge is 2.46. The number of rotatable bonds is 18. The van der Waals surface area contributed by atoms with Crippen LogP contribution in [0.5, 0.6) is 11.5 Å². The molecule has 308 valence electrons. The fraction of sp³-hybridized carbons (Fsp3) is 0.295. The van der Waals surface area contributed by atoms with Gasteiger partial charge in [-0.05, 0) is 78.9 Å². The molecule has 4 amide bonds. The zero-order valence-electron chi connectivity index (χ0n) is 32.6. The molecule has 2 aliphatic heterocycles. The summed E-state index contributed by atoms with van der Waals surface area (Å²) in [6, 6.07) is 21.4. The Hall–Kier alpha value is -6.75. The smallest absolute Gasteiger partial charge is 0.266 e. The number of benzene rings is 3. The van der Waals surface area contributed by atoms with E-state index < -0.39 is 29.7 Å². The van der Waals surface area contributed by atoms with Crippen molar-refractivity contribution in [3.8, 4) is 39.6 Å². The average Bonchev–Trinajstić information content (AvgIpc) is 3.97. The van der Waals surface area contributed by atoms with Crippen molar-refractivity contribution in [1.29, 1.82) is 0 Å². The second-order valence-corrected chi connectivity index (χ2v) is 14.1. The Morgan fingerprint density at radius 2 is 1.43 bits per heavy atom. The van der Waals surface area contributed by atoms with E-state index in [0.29, 0.717) is 57.5 Å². The van der Waals surface area contributed by atoms with Gasteiger partial charge in [0, 0.05) is 41.7 Å². The highest BCUT2D eigenvalue weighted by molar-refractivity contribution is 6.24. The van der Waals surface area contributed by atoms with Crippen LogP contribution in [0.1, 0.15) is 51.1 Å². The molecule has 60 heavy (non-hydrogen) atoms. The van der Waals surface area contributed by atoms with Crippen LogP contribution in [0.15, 0.2) is 96.5 Å². The number of aromatic nitrogens is 3. The monoisotopic (exact) mass is 814 g/mol. The first-order chi connectivity index (χ1) is 29.4. The number of ether oxygens (including phenoxy) is 5. The van der Waals surface area contributed by atoms with Gasteiger partial charge in [-0.25, -0.2) is 4.68 Å². The molecule has 5 aromatic rings. The fourth-order valence-corrected chi connectivity index (χ4v) is 7.45. The Balaban J connectivity index is 0.724. The van der Waals surface area contributed by atoms with Gasteiger partial charge in [-0.3, -0.25) is 34.4 Å². The number of carbonyl (C=O) groups is 4. The molecular weight excluding hydrogens is 773 g/mol. The third-order valence-corrected chi connectivity index (χ3v) is 10.4. The molecule has 3 aromatic carbocycles. The van der Waals surface area contributed by atoms with E-state index in [0.717, 1.165) is 50.5 Å². The molecule has 1 fully saturated rings. The summed E-state index contributed by atoms with van der Waals surface area (Å²) < 4.78 is 30.3. The minimum atomic E-state index is -1.05. The first kappa shape index (κ1) is 40.0. The van der Waals surface area contributed by atoms with E-state index in [1.807, 2.05) is 59.4 Å². The van der Waals surface area contributed by atoms with Crippen molar-refractivity contribution >= 4 is 29.3 Å². The normalized spacial score (nSPS) is 16.6. The maximum Gasteiger partial charge on any atom is 0.266 e. The van der Waals surface area contributed by atoms with Crippen LogP contribution < -0.4 is 14.8 Å². The number of nitrogens with one attached hydrogen (secondary N) is 1. The summed E-state index contributed by atoms with van der Waals surface area (Å²) in [4.78, 5) is 55.2. The molecule has 16 nitrogen and oxygen atoms in total. The first-order valence-electron chi connectivity index (χ1n) is 19.7. The minimum Gasteiger partial charge on any atom is -0.491 e. The van der Waals surface area contributed by atoms with Crippen LogP contribution in [0.4, 0.5) is 0 Å². The summed E-state index contributed by atoms with van der Waals surface area (Å²) in [5.74, 6) is -1.39. The van der Waals surface area contributed by atoms with E-state index in [-0.39, 0.29) is 42.9 Å². The zero-order chi connectivity index (χ0) is 41.4. The topological polar surface area (TPSA) is 193 Å². The third-order valence-electron chi connectivity index (χ3n) is 10.4. The minimum absolute atomic E-state index is 0.0450. The number of piperidine rings is 1. The van der Waals surface area contributed by atoms with Gasteiger partial charge in [0.05, 0.1) is 62.2 Å². The third kappa shape index (κ3) is 8.66. The predicted molar refractivity (Wildman–Crippen MR) is 215 cm³/mol. The summed E-state index contributed by atoms with van der Waals surface area (Å²) in [6.07, 6.45) is 7.19. The first-order valence-corrected chi connectivity index (χ1v) is 19.7. The van der Waals surface area contributed by atoms with E-state index in [4.69, 9.17) is 28.8 Å². The Labute approximate surface area is 344 Å². The van der Waals surface area contributed by atoms with Crippen molar-refractivity contribution in [3.63, 3.8) is 0 Å². The molecule has 8 rings (SSSR count). The maximum absolute atomic E-state index is 13.2. The lowest BCUT2D eigenvalue weighted by Crippen LogP contribution is -2.54. The van der Waals surface area contributed by atoms with Gasteiger partial charge in [0.15, 0.2) is 0 Å². The van der Waals surface area contributed by atoms with Gasteiger partial charge in [-0.2, -0.15) is 5.10 Å². The number of carbonyl (C=O) groups excluding carboxylic acids is 4. The molecule has 0 saturated carbocycles. The van der Waals surface area contributed by atoms with Crippen LogP contribution in [-0.2, 0) is 30.2 Å². The molecule has 0 bridgehead atoms. The largest absolute Gasteiger partial charge is 0.491 e. The SMILES string of the molecule is O=C1CCC(N2C(=O)c3cccc(OCCOCCOCCOCCOc4ccc(-n5cc(-c6ccc7c(c6)CC/C7=N\O)c(-c6ccncc6)n5)cc4)c3C2=O)C(=O)N1. The molecule has 1 aliphatic carbocycles. The lowest BCUT2D eigenvalue weighted by atomic mass is 9.98. The Morgan fingerprint density at radius 1 is 0.717 bits per heavy atom. The highest BCUT2D eigenvalue weighted by Crippen LogP contribution is 2.36. The summed E-state index contributed by atoms with van der Waals surface area (Å²) in [6.45, 7) is 2.51. The molecule has 4 heterocycles. The fourth-order valence-electron chi connectivity index (χ4n) is 7.45.